The molecule has 0 spiro atoms. The molecule has 0 aliphatic rings. The van der Waals surface area contributed by atoms with Crippen LogP contribution in [0.25, 0.3) is 5.48 Å². The summed E-state index contributed by atoms with van der Waals surface area (Å²) in [6.45, 7) is 5.37. The first-order valence-corrected chi connectivity index (χ1v) is 3.38. The van der Waals surface area contributed by atoms with E-state index < -0.39 is 0 Å². The zero-order valence-corrected chi connectivity index (χ0v) is 10.5. The van der Waals surface area contributed by atoms with Gasteiger partial charge in [-0.2, -0.15) is 0 Å². The zero-order chi connectivity index (χ0) is 8.10. The van der Waals surface area contributed by atoms with E-state index in [0.717, 1.165) is 11.3 Å². The van der Waals surface area contributed by atoms with Crippen molar-refractivity contribution in [2.45, 2.75) is 6.92 Å². The van der Waals surface area contributed by atoms with Gasteiger partial charge in [-0.15, -0.1) is 5.69 Å². The van der Waals surface area contributed by atoms with Crippen LogP contribution in [0.1, 0.15) is 5.56 Å². The van der Waals surface area contributed by atoms with Gasteiger partial charge in [-0.05, 0) is 6.92 Å². The first-order chi connectivity index (χ1) is 5.34. The van der Waals surface area contributed by atoms with Crippen molar-refractivity contribution in [3.8, 4) is 0 Å². The number of nitrogens with zero attached hydrogens (tertiary/aromatic N) is 1. The van der Waals surface area contributed by atoms with E-state index in [2.05, 4.69) is 16.9 Å². The van der Waals surface area contributed by atoms with Crippen LogP contribution in [-0.4, -0.2) is 23.1 Å². The van der Waals surface area contributed by atoms with Gasteiger partial charge in [-0.3, -0.25) is 0 Å². The quantitative estimate of drug-likeness (QED) is 0.411. The molecule has 0 aliphatic carbocycles. The van der Waals surface area contributed by atoms with Gasteiger partial charge in [0.1, 0.15) is 0 Å². The van der Waals surface area contributed by atoms with Crippen LogP contribution in [0.4, 0.5) is 5.69 Å². The molecule has 0 unspecified atom stereocenters. The third kappa shape index (κ3) is 5.18. The minimum atomic E-state index is 0. The second-order valence-electron chi connectivity index (χ2n) is 2.15. The van der Waals surface area contributed by atoms with Crippen molar-refractivity contribution in [1.29, 1.82) is 0 Å². The Morgan fingerprint density at radius 1 is 1.38 bits per heavy atom. The largest absolute Gasteiger partial charge is 2.00 e. The topological polar surface area (TPSA) is 23.3 Å². The summed E-state index contributed by atoms with van der Waals surface area (Å²) in [4.78, 5) is 4.69. The van der Waals surface area contributed by atoms with Gasteiger partial charge in [-0.25, -0.2) is 0 Å². The maximum absolute atomic E-state index is 4.69. The summed E-state index contributed by atoms with van der Waals surface area (Å²) in [5.74, 6) is 0. The van der Waals surface area contributed by atoms with Crippen molar-refractivity contribution >= 4 is 28.7 Å². The second kappa shape index (κ2) is 8.41. The Morgan fingerprint density at radius 2 is 2.00 bits per heavy atom. The average molecular weight is 252 g/mol. The maximum atomic E-state index is 4.69. The van der Waals surface area contributed by atoms with Gasteiger partial charge in [0.25, 0.3) is 0 Å². The normalized spacial score (nSPS) is 7.46. The summed E-state index contributed by atoms with van der Waals surface area (Å²) in [7, 11) is 0. The molecule has 0 saturated carbocycles. The minimum Gasteiger partial charge on any atom is -1.00 e. The standard InChI is InChI=1S/C9H10NO.BrH.Mg/c1-3-11-10-9-7-5-4-6-8(9)2;;/h3-7H,1H2,2H3;1H;/q-1;;+2/p-1. The molecule has 0 atom stereocenters. The Kier molecular flexibility index (Phi) is 9.88. The van der Waals surface area contributed by atoms with E-state index in [1.807, 2.05) is 31.2 Å². The second-order valence-corrected chi connectivity index (χ2v) is 2.15. The smallest absolute Gasteiger partial charge is 1.00 e. The molecule has 0 heterocycles. The Bertz CT molecular complexity index is 255. The molecule has 0 radical (unpaired) electrons. The molecule has 0 amide bonds. The first-order valence-electron chi connectivity index (χ1n) is 3.38. The molecular weight excluding hydrogens is 242 g/mol. The Labute approximate surface area is 105 Å². The predicted octanol–water partition coefficient (Wildman–Crippen LogP) is -0.301. The van der Waals surface area contributed by atoms with Gasteiger partial charge in [-0.1, -0.05) is 36.4 Å². The van der Waals surface area contributed by atoms with Gasteiger partial charge in [0, 0.05) is 0 Å². The molecule has 0 aromatic heterocycles. The van der Waals surface area contributed by atoms with E-state index in [9.17, 15) is 0 Å². The number of rotatable bonds is 3. The van der Waals surface area contributed by atoms with Crippen LogP contribution in [0, 0.1) is 6.92 Å². The Hall–Kier alpha value is -0.194. The summed E-state index contributed by atoms with van der Waals surface area (Å²) >= 11 is 0. The maximum Gasteiger partial charge on any atom is 2.00 e. The van der Waals surface area contributed by atoms with Gasteiger partial charge in [0.15, 0.2) is 0 Å². The van der Waals surface area contributed by atoms with Crippen LogP contribution >= 0.6 is 0 Å². The van der Waals surface area contributed by atoms with Crippen LogP contribution in [0.2, 0.25) is 0 Å². The van der Waals surface area contributed by atoms with Crippen molar-refractivity contribution in [2.75, 3.05) is 0 Å². The Balaban J connectivity index is 0. The number of hydrogen-bond donors (Lipinski definition) is 0. The first kappa shape index (κ1) is 15.3. The van der Waals surface area contributed by atoms with Crippen LogP contribution in [0.15, 0.2) is 37.1 Å². The molecule has 2 nitrogen and oxygen atoms in total. The van der Waals surface area contributed by atoms with Crippen molar-refractivity contribution in [2.24, 2.45) is 0 Å². The molecule has 4 heteroatoms. The van der Waals surface area contributed by atoms with E-state index >= 15 is 0 Å². The van der Waals surface area contributed by atoms with Gasteiger partial charge in [0.2, 0.25) is 0 Å². The van der Waals surface area contributed by atoms with E-state index in [4.69, 9.17) is 0 Å². The van der Waals surface area contributed by atoms with Crippen LogP contribution in [0.5, 0.6) is 0 Å². The fraction of sp³-hybridized carbons (Fsp3) is 0.111. The molecular formula is C9H10BrMgNO. The van der Waals surface area contributed by atoms with Crippen LogP contribution in [-0.2, 0) is 4.84 Å². The molecule has 66 valence electrons. The molecule has 13 heavy (non-hydrogen) atoms. The van der Waals surface area contributed by atoms with E-state index in [-0.39, 0.29) is 40.0 Å². The van der Waals surface area contributed by atoms with E-state index in [1.54, 1.807) is 0 Å². The molecule has 0 fully saturated rings. The zero-order valence-electron chi connectivity index (χ0n) is 7.53. The monoisotopic (exact) mass is 251 g/mol. The van der Waals surface area contributed by atoms with Gasteiger partial charge in [0.05, 0.1) is 6.26 Å². The third-order valence-corrected chi connectivity index (χ3v) is 1.34. The molecule has 1 aromatic rings. The molecule has 0 saturated heterocycles. The van der Waals surface area contributed by atoms with Crippen LogP contribution < -0.4 is 17.0 Å². The number of halogens is 1. The fourth-order valence-corrected chi connectivity index (χ4v) is 0.760. The number of aryl methyl sites for hydroxylation is 1. The summed E-state index contributed by atoms with van der Waals surface area (Å²) in [5.41, 5.74) is 5.74. The fourth-order valence-electron chi connectivity index (χ4n) is 0.760. The molecule has 1 rings (SSSR count). The molecule has 1 aromatic carbocycles. The van der Waals surface area contributed by atoms with E-state index in [0.29, 0.717) is 0 Å². The predicted molar refractivity (Wildman–Crippen MR) is 51.2 cm³/mol. The SMILES string of the molecule is C=CO[N-]c1ccccc1C.[Br-].[Mg+2]. The van der Waals surface area contributed by atoms with Crippen molar-refractivity contribution in [3.63, 3.8) is 0 Å². The minimum absolute atomic E-state index is 0. The number of hydrogen-bond acceptors (Lipinski definition) is 1. The average Bonchev–Trinajstić information content (AvgIpc) is 2.03. The summed E-state index contributed by atoms with van der Waals surface area (Å²) in [6.07, 6.45) is 1.30. The van der Waals surface area contributed by atoms with Crippen molar-refractivity contribution < 1.29 is 21.8 Å². The van der Waals surface area contributed by atoms with Crippen LogP contribution in [0.3, 0.4) is 0 Å². The molecule has 0 aliphatic heterocycles. The molecule has 0 N–H and O–H groups in total. The summed E-state index contributed by atoms with van der Waals surface area (Å²) < 4.78 is 0. The van der Waals surface area contributed by atoms with Gasteiger partial charge >= 0.3 is 23.1 Å². The third-order valence-electron chi connectivity index (χ3n) is 1.34. The van der Waals surface area contributed by atoms with E-state index in [1.165, 1.54) is 6.26 Å². The number of benzene rings is 1. The summed E-state index contributed by atoms with van der Waals surface area (Å²) in [6, 6.07) is 7.74. The van der Waals surface area contributed by atoms with Gasteiger partial charge < -0.3 is 27.3 Å². The molecule has 0 bridgehead atoms. The summed E-state index contributed by atoms with van der Waals surface area (Å²) in [5, 5.41) is 0. The van der Waals surface area contributed by atoms with Crippen molar-refractivity contribution in [3.05, 3.63) is 48.2 Å². The Morgan fingerprint density at radius 3 is 2.54 bits per heavy atom. The van der Waals surface area contributed by atoms with Crippen molar-refractivity contribution in [1.82, 2.24) is 0 Å².